The second-order valence-electron chi connectivity index (χ2n) is 8.40. The highest BCUT2D eigenvalue weighted by molar-refractivity contribution is 5.94. The molecule has 1 aliphatic carbocycles. The van der Waals surface area contributed by atoms with Gasteiger partial charge in [0, 0.05) is 38.3 Å². The van der Waals surface area contributed by atoms with Crippen molar-refractivity contribution in [3.05, 3.63) is 65.2 Å². The zero-order valence-corrected chi connectivity index (χ0v) is 19.6. The summed E-state index contributed by atoms with van der Waals surface area (Å²) in [7, 11) is 3.54. The fraction of sp³-hybridized carbons (Fsp3) is 0.462. The number of rotatable bonds is 9. The van der Waals surface area contributed by atoms with Crippen LogP contribution >= 0.6 is 0 Å². The second-order valence-corrected chi connectivity index (χ2v) is 8.40. The molecule has 0 aromatic heterocycles. The molecule has 0 bridgehead atoms. The van der Waals surface area contributed by atoms with Crippen molar-refractivity contribution in [1.82, 2.24) is 15.5 Å². The highest BCUT2D eigenvalue weighted by Crippen LogP contribution is 2.27. The Kier molecular flexibility index (Phi) is 8.96. The van der Waals surface area contributed by atoms with Crippen molar-refractivity contribution in [3.8, 4) is 5.75 Å². The maximum Gasteiger partial charge on any atom is 0.253 e. The van der Waals surface area contributed by atoms with Crippen molar-refractivity contribution in [1.29, 1.82) is 0 Å². The van der Waals surface area contributed by atoms with Gasteiger partial charge < -0.3 is 20.3 Å². The topological polar surface area (TPSA) is 66.0 Å². The third-order valence-corrected chi connectivity index (χ3v) is 5.61. The number of carbonyl (C=O) groups is 1. The first-order valence-electron chi connectivity index (χ1n) is 11.6. The summed E-state index contributed by atoms with van der Waals surface area (Å²) in [5.74, 6) is 1.75. The molecule has 2 N–H and O–H groups in total. The lowest BCUT2D eigenvalue weighted by Crippen LogP contribution is -2.38. The van der Waals surface area contributed by atoms with Crippen LogP contribution in [0, 0.1) is 0 Å². The Hall–Kier alpha value is -3.02. The predicted molar refractivity (Wildman–Crippen MR) is 130 cm³/mol. The first-order chi connectivity index (χ1) is 15.6. The predicted octanol–water partition coefficient (Wildman–Crippen LogP) is 4.01. The van der Waals surface area contributed by atoms with Gasteiger partial charge in [0.15, 0.2) is 5.96 Å². The van der Waals surface area contributed by atoms with E-state index in [1.807, 2.05) is 36.4 Å². The third kappa shape index (κ3) is 7.01. The molecule has 32 heavy (non-hydrogen) atoms. The molecule has 2 aromatic carbocycles. The van der Waals surface area contributed by atoms with Crippen molar-refractivity contribution in [2.75, 3.05) is 27.2 Å². The first-order valence-corrected chi connectivity index (χ1v) is 11.6. The van der Waals surface area contributed by atoms with E-state index in [0.717, 1.165) is 55.2 Å². The van der Waals surface area contributed by atoms with Crippen molar-refractivity contribution < 1.29 is 9.53 Å². The van der Waals surface area contributed by atoms with Crippen molar-refractivity contribution >= 4 is 11.9 Å². The number of para-hydroxylation sites is 1. The third-order valence-electron chi connectivity index (χ3n) is 5.61. The fourth-order valence-electron chi connectivity index (χ4n) is 3.88. The summed E-state index contributed by atoms with van der Waals surface area (Å²) in [6, 6.07) is 16.0. The van der Waals surface area contributed by atoms with E-state index >= 15 is 0 Å². The fourth-order valence-corrected chi connectivity index (χ4v) is 3.88. The number of aliphatic imine (C=N–C) groups is 1. The Balaban J connectivity index is 1.58. The van der Waals surface area contributed by atoms with Gasteiger partial charge in [0.2, 0.25) is 0 Å². The highest BCUT2D eigenvalue weighted by atomic mass is 16.5. The molecule has 0 unspecified atom stereocenters. The van der Waals surface area contributed by atoms with Gasteiger partial charge in [-0.15, -0.1) is 0 Å². The molecule has 2 aromatic rings. The van der Waals surface area contributed by atoms with E-state index in [4.69, 9.17) is 9.73 Å². The van der Waals surface area contributed by atoms with E-state index in [-0.39, 0.29) is 5.91 Å². The minimum atomic E-state index is 0.0215. The van der Waals surface area contributed by atoms with Crippen LogP contribution in [0.15, 0.2) is 53.5 Å². The Morgan fingerprint density at radius 3 is 2.62 bits per heavy atom. The number of guanidine groups is 1. The standard InChI is InChI=1S/C26H36N4O2/c1-4-27-26(28-17-16-20-10-9-12-21(18-20)25(31)30(2)3)29-19-22-11-5-8-15-24(22)32-23-13-6-7-14-23/h5,8-12,15,18,23H,4,6-7,13-14,16-17,19H2,1-3H3,(H2,27,28,29). The van der Waals surface area contributed by atoms with E-state index < -0.39 is 0 Å². The Morgan fingerprint density at radius 1 is 1.09 bits per heavy atom. The Morgan fingerprint density at radius 2 is 1.88 bits per heavy atom. The molecule has 0 atom stereocenters. The lowest BCUT2D eigenvalue weighted by Gasteiger charge is -2.16. The van der Waals surface area contributed by atoms with E-state index in [2.05, 4.69) is 29.7 Å². The van der Waals surface area contributed by atoms with E-state index in [9.17, 15) is 4.79 Å². The van der Waals surface area contributed by atoms with Crippen LogP contribution in [-0.2, 0) is 13.0 Å². The molecule has 0 saturated heterocycles. The maximum absolute atomic E-state index is 12.2. The maximum atomic E-state index is 12.2. The lowest BCUT2D eigenvalue weighted by molar-refractivity contribution is 0.0827. The van der Waals surface area contributed by atoms with Crippen LogP contribution in [0.4, 0.5) is 0 Å². The van der Waals surface area contributed by atoms with E-state index in [1.165, 1.54) is 12.8 Å². The van der Waals surface area contributed by atoms with Gasteiger partial charge in [-0.3, -0.25) is 4.79 Å². The smallest absolute Gasteiger partial charge is 0.253 e. The van der Waals surface area contributed by atoms with Gasteiger partial charge in [0.25, 0.3) is 5.91 Å². The van der Waals surface area contributed by atoms with Gasteiger partial charge >= 0.3 is 0 Å². The quantitative estimate of drug-likeness (QED) is 0.461. The number of ether oxygens (including phenoxy) is 1. The molecule has 1 fully saturated rings. The molecule has 1 saturated carbocycles. The number of nitrogens with zero attached hydrogens (tertiary/aromatic N) is 2. The molecule has 1 aliphatic rings. The molecule has 1 amide bonds. The molecule has 0 heterocycles. The number of hydrogen-bond acceptors (Lipinski definition) is 3. The van der Waals surface area contributed by atoms with Gasteiger partial charge in [0.05, 0.1) is 12.6 Å². The Labute approximate surface area is 192 Å². The SMILES string of the molecule is CCNC(=NCc1ccccc1OC1CCCC1)NCCc1cccc(C(=O)N(C)C)c1. The summed E-state index contributed by atoms with van der Waals surface area (Å²) < 4.78 is 6.24. The summed E-state index contributed by atoms with van der Waals surface area (Å²) in [5, 5.41) is 6.72. The molecular weight excluding hydrogens is 400 g/mol. The van der Waals surface area contributed by atoms with Crippen molar-refractivity contribution in [3.63, 3.8) is 0 Å². The van der Waals surface area contributed by atoms with Gasteiger partial charge in [-0.05, 0) is 62.8 Å². The molecular formula is C26H36N4O2. The molecule has 0 radical (unpaired) electrons. The average Bonchev–Trinajstić information content (AvgIpc) is 3.31. The van der Waals surface area contributed by atoms with Crippen molar-refractivity contribution in [2.24, 2.45) is 4.99 Å². The largest absolute Gasteiger partial charge is 0.490 e. The van der Waals surface area contributed by atoms with Crippen LogP contribution in [0.2, 0.25) is 0 Å². The number of carbonyl (C=O) groups excluding carboxylic acids is 1. The van der Waals surface area contributed by atoms with Crippen molar-refractivity contribution in [2.45, 2.75) is 51.7 Å². The number of benzene rings is 2. The van der Waals surface area contributed by atoms with Crippen LogP contribution < -0.4 is 15.4 Å². The normalized spacial score (nSPS) is 14.3. The van der Waals surface area contributed by atoms with Gasteiger partial charge in [-0.1, -0.05) is 30.3 Å². The summed E-state index contributed by atoms with van der Waals surface area (Å²) in [6.45, 7) is 4.14. The van der Waals surface area contributed by atoms with E-state index in [0.29, 0.717) is 18.2 Å². The number of amides is 1. The monoisotopic (exact) mass is 436 g/mol. The zero-order chi connectivity index (χ0) is 22.8. The molecule has 0 aliphatic heterocycles. The second kappa shape index (κ2) is 12.1. The summed E-state index contributed by atoms with van der Waals surface area (Å²) >= 11 is 0. The van der Waals surface area contributed by atoms with Crippen LogP contribution in [0.25, 0.3) is 0 Å². The Bertz CT molecular complexity index is 904. The summed E-state index contributed by atoms with van der Waals surface area (Å²) in [6.07, 6.45) is 5.94. The molecule has 3 rings (SSSR count). The summed E-state index contributed by atoms with van der Waals surface area (Å²) in [4.78, 5) is 18.6. The molecule has 6 nitrogen and oxygen atoms in total. The van der Waals surface area contributed by atoms with Crippen LogP contribution in [0.3, 0.4) is 0 Å². The minimum Gasteiger partial charge on any atom is -0.490 e. The van der Waals surface area contributed by atoms with Gasteiger partial charge in [-0.2, -0.15) is 0 Å². The van der Waals surface area contributed by atoms with Crippen LogP contribution in [-0.4, -0.2) is 50.1 Å². The summed E-state index contributed by atoms with van der Waals surface area (Å²) in [5.41, 5.74) is 2.94. The highest BCUT2D eigenvalue weighted by Gasteiger charge is 2.17. The molecule has 172 valence electrons. The van der Waals surface area contributed by atoms with Gasteiger partial charge in [0.1, 0.15) is 5.75 Å². The lowest BCUT2D eigenvalue weighted by atomic mass is 10.1. The van der Waals surface area contributed by atoms with Crippen LogP contribution in [0.5, 0.6) is 5.75 Å². The molecule has 0 spiro atoms. The minimum absolute atomic E-state index is 0.0215. The average molecular weight is 437 g/mol. The van der Waals surface area contributed by atoms with Gasteiger partial charge in [-0.25, -0.2) is 4.99 Å². The number of nitrogens with one attached hydrogen (secondary N) is 2. The molecule has 6 heteroatoms. The number of hydrogen-bond donors (Lipinski definition) is 2. The van der Waals surface area contributed by atoms with E-state index in [1.54, 1.807) is 19.0 Å². The zero-order valence-electron chi connectivity index (χ0n) is 19.6. The van der Waals surface area contributed by atoms with Crippen LogP contribution in [0.1, 0.15) is 54.1 Å². The first kappa shape index (κ1) is 23.6.